The van der Waals surface area contributed by atoms with E-state index < -0.39 is 5.60 Å². The van der Waals surface area contributed by atoms with E-state index in [4.69, 9.17) is 4.74 Å². The van der Waals surface area contributed by atoms with Crippen LogP contribution in [0.4, 0.5) is 0 Å². The van der Waals surface area contributed by atoms with Crippen molar-refractivity contribution in [3.05, 3.63) is 48.6 Å². The Morgan fingerprint density at radius 1 is 1.22 bits per heavy atom. The van der Waals surface area contributed by atoms with Gasteiger partial charge in [-0.2, -0.15) is 0 Å². The first kappa shape index (κ1) is 21.4. The summed E-state index contributed by atoms with van der Waals surface area (Å²) in [5, 5.41) is 9.39. The van der Waals surface area contributed by atoms with Gasteiger partial charge in [0.25, 0.3) is 0 Å². The van der Waals surface area contributed by atoms with E-state index >= 15 is 0 Å². The lowest BCUT2D eigenvalue weighted by atomic mass is 9.70. The summed E-state index contributed by atoms with van der Waals surface area (Å²) >= 11 is 0. The Morgan fingerprint density at radius 2 is 1.81 bits per heavy atom. The molecule has 27 heavy (non-hydrogen) atoms. The smallest absolute Gasteiger partial charge is 0.330 e. The molecule has 1 aromatic carbocycles. The van der Waals surface area contributed by atoms with Crippen LogP contribution in [0.2, 0.25) is 0 Å². The fourth-order valence-electron chi connectivity index (χ4n) is 4.44. The summed E-state index contributed by atoms with van der Waals surface area (Å²) in [7, 11) is 0. The standard InChI is InChI=1S/C13H20O2.C10H12O2/c1-5-11(14)15-10-8-9-6-7-13(10,4)12(9,2)3;1-10(2,12)9(11)8-6-4-3-5-7-8/h5,9-10H,1,6-8H2,2-4H3;3-7,12H,1-2H3. The molecule has 1 N–H and O–H groups in total. The van der Waals surface area contributed by atoms with Crippen molar-refractivity contribution in [1.82, 2.24) is 0 Å². The van der Waals surface area contributed by atoms with E-state index in [2.05, 4.69) is 27.4 Å². The molecule has 2 aliphatic carbocycles. The Bertz CT molecular complexity index is 699. The van der Waals surface area contributed by atoms with Crippen LogP contribution >= 0.6 is 0 Å². The minimum absolute atomic E-state index is 0.0942. The van der Waals surface area contributed by atoms with Gasteiger partial charge in [0.1, 0.15) is 11.7 Å². The summed E-state index contributed by atoms with van der Waals surface area (Å²) in [4.78, 5) is 22.7. The fourth-order valence-corrected chi connectivity index (χ4v) is 4.44. The minimum Gasteiger partial charge on any atom is -0.459 e. The van der Waals surface area contributed by atoms with E-state index in [1.165, 1.54) is 32.8 Å². The summed E-state index contributed by atoms with van der Waals surface area (Å²) in [6.45, 7) is 13.3. The van der Waals surface area contributed by atoms with Gasteiger partial charge in [-0.15, -0.1) is 0 Å². The molecule has 0 radical (unpaired) electrons. The predicted octanol–water partition coefficient (Wildman–Crippen LogP) is 4.57. The Kier molecular flexibility index (Phi) is 6.00. The molecule has 2 bridgehead atoms. The summed E-state index contributed by atoms with van der Waals surface area (Å²) in [6.07, 6.45) is 4.85. The van der Waals surface area contributed by atoms with Crippen LogP contribution in [0.1, 0.15) is 64.2 Å². The number of fused-ring (bicyclic) bond motifs is 2. The van der Waals surface area contributed by atoms with Gasteiger partial charge < -0.3 is 9.84 Å². The number of carbonyl (C=O) groups excluding carboxylic acids is 2. The van der Waals surface area contributed by atoms with Crippen molar-refractivity contribution < 1.29 is 19.4 Å². The molecule has 3 unspecified atom stereocenters. The monoisotopic (exact) mass is 372 g/mol. The number of hydrogen-bond acceptors (Lipinski definition) is 4. The van der Waals surface area contributed by atoms with Crippen LogP contribution in [-0.2, 0) is 9.53 Å². The number of ketones is 1. The van der Waals surface area contributed by atoms with Gasteiger partial charge in [-0.3, -0.25) is 4.79 Å². The molecule has 0 amide bonds. The van der Waals surface area contributed by atoms with Crippen molar-refractivity contribution in [1.29, 1.82) is 0 Å². The van der Waals surface area contributed by atoms with Crippen molar-refractivity contribution in [2.45, 2.75) is 65.6 Å². The number of ether oxygens (including phenoxy) is 1. The van der Waals surface area contributed by atoms with Crippen molar-refractivity contribution >= 4 is 11.8 Å². The minimum atomic E-state index is -1.28. The topological polar surface area (TPSA) is 63.6 Å². The summed E-state index contributed by atoms with van der Waals surface area (Å²) < 4.78 is 5.48. The second kappa shape index (κ2) is 7.59. The number of benzene rings is 1. The molecular weight excluding hydrogens is 340 g/mol. The lowest BCUT2D eigenvalue weighted by Crippen LogP contribution is -2.38. The van der Waals surface area contributed by atoms with Crippen LogP contribution < -0.4 is 0 Å². The van der Waals surface area contributed by atoms with Gasteiger partial charge in [-0.1, -0.05) is 57.7 Å². The highest BCUT2D eigenvalue weighted by Crippen LogP contribution is 2.66. The predicted molar refractivity (Wildman–Crippen MR) is 106 cm³/mol. The summed E-state index contributed by atoms with van der Waals surface area (Å²) in [6, 6.07) is 8.78. The van der Waals surface area contributed by atoms with Crippen LogP contribution in [0, 0.1) is 16.7 Å². The fraction of sp³-hybridized carbons (Fsp3) is 0.565. The molecule has 1 aromatic rings. The first-order valence-corrected chi connectivity index (χ1v) is 9.58. The third kappa shape index (κ3) is 4.16. The molecule has 2 aliphatic rings. The average Bonchev–Trinajstić information content (AvgIpc) is 2.95. The van der Waals surface area contributed by atoms with Gasteiger partial charge in [0.15, 0.2) is 5.78 Å². The normalized spacial score (nSPS) is 28.1. The molecule has 0 aromatic heterocycles. The third-order valence-electron chi connectivity index (χ3n) is 6.73. The number of aliphatic hydroxyl groups is 1. The SMILES string of the molecule is C=CC(=O)OC1CC2CCC1(C)C2(C)C.CC(C)(O)C(=O)c1ccccc1. The maximum Gasteiger partial charge on any atom is 0.330 e. The summed E-state index contributed by atoms with van der Waals surface area (Å²) in [5.41, 5.74) is -0.262. The molecular formula is C23H32O4. The Labute approximate surface area is 162 Å². The highest BCUT2D eigenvalue weighted by Gasteiger charge is 2.62. The van der Waals surface area contributed by atoms with Gasteiger partial charge in [0, 0.05) is 17.1 Å². The third-order valence-corrected chi connectivity index (χ3v) is 6.73. The zero-order valence-electron chi connectivity index (χ0n) is 17.1. The first-order chi connectivity index (χ1) is 12.4. The van der Waals surface area contributed by atoms with Crippen molar-refractivity contribution in [3.63, 3.8) is 0 Å². The highest BCUT2D eigenvalue weighted by atomic mass is 16.5. The van der Waals surface area contributed by atoms with E-state index in [-0.39, 0.29) is 23.3 Å². The maximum absolute atomic E-state index is 11.4. The number of Topliss-reactive ketones (excluding diaryl/α,β-unsaturated/α-hetero) is 1. The van der Waals surface area contributed by atoms with Crippen LogP contribution in [0.5, 0.6) is 0 Å². The molecule has 4 nitrogen and oxygen atoms in total. The summed E-state index contributed by atoms with van der Waals surface area (Å²) in [5.74, 6) is 0.192. The molecule has 2 fully saturated rings. The van der Waals surface area contributed by atoms with E-state index in [1.54, 1.807) is 24.3 Å². The molecule has 0 spiro atoms. The molecule has 3 rings (SSSR count). The quantitative estimate of drug-likeness (QED) is 0.478. The largest absolute Gasteiger partial charge is 0.459 e. The Balaban J connectivity index is 0.000000199. The van der Waals surface area contributed by atoms with Crippen LogP contribution in [0.25, 0.3) is 0 Å². The van der Waals surface area contributed by atoms with Crippen LogP contribution in [0.3, 0.4) is 0 Å². The molecule has 0 aliphatic heterocycles. The second-order valence-electron chi connectivity index (χ2n) is 8.99. The highest BCUT2D eigenvalue weighted by molar-refractivity contribution is 6.01. The average molecular weight is 373 g/mol. The van der Waals surface area contributed by atoms with Crippen molar-refractivity contribution in [3.8, 4) is 0 Å². The van der Waals surface area contributed by atoms with Gasteiger partial charge >= 0.3 is 5.97 Å². The zero-order chi connectivity index (χ0) is 20.5. The lowest BCUT2D eigenvalue weighted by molar-refractivity contribution is -0.150. The number of carbonyl (C=O) groups is 2. The molecule has 3 atom stereocenters. The van der Waals surface area contributed by atoms with Crippen LogP contribution in [0.15, 0.2) is 43.0 Å². The van der Waals surface area contributed by atoms with E-state index in [9.17, 15) is 14.7 Å². The lowest BCUT2D eigenvalue weighted by Gasteiger charge is -2.38. The molecule has 0 heterocycles. The maximum atomic E-state index is 11.4. The molecule has 0 saturated heterocycles. The van der Waals surface area contributed by atoms with Gasteiger partial charge in [-0.25, -0.2) is 4.79 Å². The number of hydrogen-bond donors (Lipinski definition) is 1. The number of esters is 1. The Morgan fingerprint density at radius 3 is 2.22 bits per heavy atom. The van der Waals surface area contributed by atoms with E-state index in [1.807, 2.05) is 6.07 Å². The van der Waals surface area contributed by atoms with Crippen molar-refractivity contribution in [2.75, 3.05) is 0 Å². The molecule has 148 valence electrons. The van der Waals surface area contributed by atoms with Gasteiger partial charge in [-0.05, 0) is 44.4 Å². The zero-order valence-corrected chi connectivity index (χ0v) is 17.1. The molecule has 4 heteroatoms. The van der Waals surface area contributed by atoms with E-state index in [0.717, 1.165) is 6.42 Å². The molecule has 2 saturated carbocycles. The second-order valence-corrected chi connectivity index (χ2v) is 8.99. The van der Waals surface area contributed by atoms with Gasteiger partial charge in [0.05, 0.1) is 0 Å². The van der Waals surface area contributed by atoms with Crippen LogP contribution in [-0.4, -0.2) is 28.6 Å². The van der Waals surface area contributed by atoms with Gasteiger partial charge in [0.2, 0.25) is 0 Å². The number of rotatable bonds is 4. The Hall–Kier alpha value is -1.94. The first-order valence-electron chi connectivity index (χ1n) is 9.58. The van der Waals surface area contributed by atoms with Crippen molar-refractivity contribution in [2.24, 2.45) is 16.7 Å². The van der Waals surface area contributed by atoms with E-state index in [0.29, 0.717) is 16.9 Å².